The van der Waals surface area contributed by atoms with Crippen molar-refractivity contribution in [3.8, 4) is 22.4 Å². The number of piperidine rings is 1. The molecule has 1 saturated heterocycles. The SMILES string of the molecule is CCCCc1ccc(N(Cc2cccc(-c3cc(C)c(C)c(C)c3)c2)C2CCN(Cc3ccnc(-c4cc(C)c(C)c(C)c4)c3)CC2)cc1.Cl.Cl. The molecule has 0 spiro atoms. The average Bonchev–Trinajstić information content (AvgIpc) is 3.11. The van der Waals surface area contributed by atoms with Gasteiger partial charge in [0.25, 0.3) is 0 Å². The van der Waals surface area contributed by atoms with Gasteiger partial charge in [-0.15, -0.1) is 24.8 Å². The molecule has 0 unspecified atom stereocenters. The molecule has 5 heteroatoms. The molecule has 0 N–H and O–H groups in total. The molecule has 0 bridgehead atoms. The van der Waals surface area contributed by atoms with Crippen molar-refractivity contribution in [1.82, 2.24) is 9.88 Å². The Kier molecular flexibility index (Phi) is 14.3. The monoisotopic (exact) mass is 721 g/mol. The second-order valence-corrected chi connectivity index (χ2v) is 14.6. The summed E-state index contributed by atoms with van der Waals surface area (Å²) in [6.45, 7) is 19.6. The molecular weight excluding hydrogens is 665 g/mol. The van der Waals surface area contributed by atoms with E-state index in [-0.39, 0.29) is 24.8 Å². The smallest absolute Gasteiger partial charge is 0.0705 e. The van der Waals surface area contributed by atoms with Crippen LogP contribution < -0.4 is 4.90 Å². The minimum Gasteiger partial charge on any atom is -0.364 e. The fourth-order valence-electron chi connectivity index (χ4n) is 7.48. The van der Waals surface area contributed by atoms with Gasteiger partial charge in [-0.05, 0) is 171 Å². The predicted octanol–water partition coefficient (Wildman–Crippen LogP) is 12.1. The molecule has 1 aromatic heterocycles. The minimum absolute atomic E-state index is 0. The number of nitrogens with zero attached hydrogens (tertiary/aromatic N) is 3. The fourth-order valence-corrected chi connectivity index (χ4v) is 7.48. The van der Waals surface area contributed by atoms with Crippen LogP contribution in [0.25, 0.3) is 22.4 Å². The third-order valence-corrected chi connectivity index (χ3v) is 11.1. The highest BCUT2D eigenvalue weighted by atomic mass is 35.5. The van der Waals surface area contributed by atoms with Crippen LogP contribution in [0, 0.1) is 41.5 Å². The number of hydrogen-bond acceptors (Lipinski definition) is 3. The van der Waals surface area contributed by atoms with Gasteiger partial charge in [-0.1, -0.05) is 55.8 Å². The number of likely N-dealkylation sites (tertiary alicyclic amines) is 1. The van der Waals surface area contributed by atoms with E-state index in [4.69, 9.17) is 4.98 Å². The molecular formula is C46H57Cl2N3. The summed E-state index contributed by atoms with van der Waals surface area (Å²) in [5.74, 6) is 0. The summed E-state index contributed by atoms with van der Waals surface area (Å²) >= 11 is 0. The summed E-state index contributed by atoms with van der Waals surface area (Å²) in [6.07, 6.45) is 7.93. The van der Waals surface area contributed by atoms with Crippen LogP contribution in [0.3, 0.4) is 0 Å². The largest absolute Gasteiger partial charge is 0.364 e. The van der Waals surface area contributed by atoms with Gasteiger partial charge in [-0.3, -0.25) is 9.88 Å². The second-order valence-electron chi connectivity index (χ2n) is 14.6. The Morgan fingerprint density at radius 1 is 0.647 bits per heavy atom. The van der Waals surface area contributed by atoms with Gasteiger partial charge in [-0.2, -0.15) is 0 Å². The molecule has 2 heterocycles. The molecule has 1 aliphatic rings. The van der Waals surface area contributed by atoms with Gasteiger partial charge >= 0.3 is 0 Å². The van der Waals surface area contributed by atoms with E-state index in [1.54, 1.807) is 0 Å². The molecule has 4 aromatic carbocycles. The lowest BCUT2D eigenvalue weighted by atomic mass is 9.95. The molecule has 3 nitrogen and oxygen atoms in total. The lowest BCUT2D eigenvalue weighted by Gasteiger charge is -2.40. The average molecular weight is 723 g/mol. The molecule has 51 heavy (non-hydrogen) atoms. The highest BCUT2D eigenvalue weighted by Crippen LogP contribution is 2.31. The highest BCUT2D eigenvalue weighted by Gasteiger charge is 2.26. The number of aryl methyl sites for hydroxylation is 5. The molecule has 1 aliphatic heterocycles. The van der Waals surface area contributed by atoms with Gasteiger partial charge in [-0.25, -0.2) is 0 Å². The summed E-state index contributed by atoms with van der Waals surface area (Å²) < 4.78 is 0. The van der Waals surface area contributed by atoms with E-state index in [1.165, 1.54) is 85.3 Å². The van der Waals surface area contributed by atoms with E-state index in [0.717, 1.165) is 51.1 Å². The van der Waals surface area contributed by atoms with Crippen molar-refractivity contribution in [2.24, 2.45) is 0 Å². The number of halogens is 2. The Balaban J connectivity index is 0.00000292. The van der Waals surface area contributed by atoms with Crippen molar-refractivity contribution >= 4 is 30.5 Å². The van der Waals surface area contributed by atoms with Crippen molar-refractivity contribution in [2.75, 3.05) is 18.0 Å². The Labute approximate surface area is 320 Å². The lowest BCUT2D eigenvalue weighted by Crippen LogP contribution is -2.44. The zero-order chi connectivity index (χ0) is 34.5. The predicted molar refractivity (Wildman–Crippen MR) is 224 cm³/mol. The fraction of sp³-hybridized carbons (Fsp3) is 0.370. The molecule has 0 atom stereocenters. The van der Waals surface area contributed by atoms with Crippen LogP contribution in [0.15, 0.2) is 91.1 Å². The van der Waals surface area contributed by atoms with Crippen LogP contribution in [0.5, 0.6) is 0 Å². The summed E-state index contributed by atoms with van der Waals surface area (Å²) in [7, 11) is 0. The highest BCUT2D eigenvalue weighted by molar-refractivity contribution is 5.85. The number of benzene rings is 4. The van der Waals surface area contributed by atoms with E-state index in [1.807, 2.05) is 6.20 Å². The standard InChI is InChI=1S/C46H55N3.2ClH/c1-8-9-11-38-14-16-44(17-15-38)49(31-39-12-10-13-41(28-39)42-24-32(2)36(6)33(3)25-42)45-19-22-48(23-20-45)30-40-18-21-47-46(29-40)43-26-34(4)37(7)35(5)27-43;;/h10,12-18,21,24-29,45H,8-9,11,19-20,22-23,30-31H2,1-7H3;2*1H. The van der Waals surface area contributed by atoms with E-state index in [0.29, 0.717) is 6.04 Å². The molecule has 6 rings (SSSR count). The first kappa shape index (κ1) is 40.1. The van der Waals surface area contributed by atoms with Crippen LogP contribution >= 0.6 is 24.8 Å². The lowest BCUT2D eigenvalue weighted by molar-refractivity contribution is 0.201. The van der Waals surface area contributed by atoms with Crippen molar-refractivity contribution in [3.63, 3.8) is 0 Å². The first-order chi connectivity index (χ1) is 23.7. The molecule has 0 aliphatic carbocycles. The van der Waals surface area contributed by atoms with E-state index >= 15 is 0 Å². The van der Waals surface area contributed by atoms with Gasteiger partial charge in [0, 0.05) is 49.7 Å². The molecule has 0 radical (unpaired) electrons. The van der Waals surface area contributed by atoms with Gasteiger partial charge in [0.1, 0.15) is 0 Å². The zero-order valence-electron chi connectivity index (χ0n) is 31.8. The number of aromatic nitrogens is 1. The summed E-state index contributed by atoms with van der Waals surface area (Å²) in [5.41, 5.74) is 18.6. The van der Waals surface area contributed by atoms with Gasteiger partial charge in [0.05, 0.1) is 5.69 Å². The maximum Gasteiger partial charge on any atom is 0.0705 e. The van der Waals surface area contributed by atoms with E-state index in [9.17, 15) is 0 Å². The summed E-state index contributed by atoms with van der Waals surface area (Å²) in [4.78, 5) is 10.1. The Hall–Kier alpha value is -3.63. The first-order valence-electron chi connectivity index (χ1n) is 18.5. The Bertz CT molecular complexity index is 1840. The van der Waals surface area contributed by atoms with E-state index in [2.05, 4.69) is 143 Å². The third-order valence-electron chi connectivity index (χ3n) is 11.1. The minimum atomic E-state index is 0. The van der Waals surface area contributed by atoms with Crippen LogP contribution in [0.4, 0.5) is 5.69 Å². The number of pyridine rings is 1. The maximum atomic E-state index is 4.76. The number of hydrogen-bond donors (Lipinski definition) is 0. The molecule has 0 saturated carbocycles. The normalized spacial score (nSPS) is 13.4. The molecule has 270 valence electrons. The van der Waals surface area contributed by atoms with Crippen molar-refractivity contribution < 1.29 is 0 Å². The number of anilines is 1. The number of unbranched alkanes of at least 4 members (excludes halogenated alkanes) is 1. The topological polar surface area (TPSA) is 19.4 Å². The van der Waals surface area contributed by atoms with Crippen LogP contribution in [0.2, 0.25) is 0 Å². The van der Waals surface area contributed by atoms with Crippen molar-refractivity contribution in [1.29, 1.82) is 0 Å². The van der Waals surface area contributed by atoms with Gasteiger partial charge in [0.15, 0.2) is 0 Å². The maximum absolute atomic E-state index is 4.76. The number of rotatable bonds is 11. The van der Waals surface area contributed by atoms with E-state index < -0.39 is 0 Å². The Morgan fingerprint density at radius 3 is 1.86 bits per heavy atom. The second kappa shape index (κ2) is 18.2. The van der Waals surface area contributed by atoms with Crippen LogP contribution in [0.1, 0.15) is 82.7 Å². The Morgan fingerprint density at radius 2 is 1.25 bits per heavy atom. The molecule has 0 amide bonds. The van der Waals surface area contributed by atoms with Crippen LogP contribution in [-0.4, -0.2) is 29.0 Å². The third kappa shape index (κ3) is 9.83. The van der Waals surface area contributed by atoms with Crippen molar-refractivity contribution in [3.05, 3.63) is 141 Å². The molecule has 5 aromatic rings. The van der Waals surface area contributed by atoms with Crippen molar-refractivity contribution in [2.45, 2.75) is 99.7 Å². The quantitative estimate of drug-likeness (QED) is 0.135. The van der Waals surface area contributed by atoms with Gasteiger partial charge < -0.3 is 4.90 Å². The summed E-state index contributed by atoms with van der Waals surface area (Å²) in [5, 5.41) is 0. The van der Waals surface area contributed by atoms with Crippen LogP contribution in [-0.2, 0) is 19.5 Å². The zero-order valence-corrected chi connectivity index (χ0v) is 33.4. The summed E-state index contributed by atoms with van der Waals surface area (Å²) in [6, 6.07) is 33.0. The van der Waals surface area contributed by atoms with Gasteiger partial charge in [0.2, 0.25) is 0 Å². The molecule has 1 fully saturated rings. The first-order valence-corrected chi connectivity index (χ1v) is 18.5.